The van der Waals surface area contributed by atoms with Crippen LogP contribution in [-0.2, 0) is 16.1 Å². The molecule has 1 saturated carbocycles. The van der Waals surface area contributed by atoms with E-state index in [2.05, 4.69) is 16.0 Å². The van der Waals surface area contributed by atoms with Crippen LogP contribution >= 0.6 is 0 Å². The Balaban J connectivity index is 1.39. The number of aliphatic hydroxyl groups excluding tert-OH is 2. The minimum atomic E-state index is -1.19. The molecular weight excluding hydrogens is 402 g/mol. The summed E-state index contributed by atoms with van der Waals surface area (Å²) in [7, 11) is 1.59. The van der Waals surface area contributed by atoms with Crippen LogP contribution in [0.1, 0.15) is 44.1 Å². The summed E-state index contributed by atoms with van der Waals surface area (Å²) in [4.78, 5) is 24.3. The van der Waals surface area contributed by atoms with E-state index in [-0.39, 0.29) is 30.9 Å². The van der Waals surface area contributed by atoms with E-state index < -0.39 is 24.4 Å². The molecule has 0 unspecified atom stereocenters. The van der Waals surface area contributed by atoms with Gasteiger partial charge in [0.05, 0.1) is 19.6 Å². The fourth-order valence-corrected chi connectivity index (χ4v) is 4.04. The molecule has 2 fully saturated rings. The summed E-state index contributed by atoms with van der Waals surface area (Å²) in [6, 6.07) is 7.19. The smallest absolute Gasteiger partial charge is 0.315 e. The summed E-state index contributed by atoms with van der Waals surface area (Å²) in [5.41, 5.74) is 0.910. The molecule has 0 aromatic heterocycles. The van der Waals surface area contributed by atoms with Crippen LogP contribution in [0.15, 0.2) is 24.3 Å². The van der Waals surface area contributed by atoms with E-state index in [0.29, 0.717) is 6.54 Å². The lowest BCUT2D eigenvalue weighted by molar-refractivity contribution is -0.125. The highest BCUT2D eigenvalue weighted by molar-refractivity contribution is 5.76. The van der Waals surface area contributed by atoms with Crippen LogP contribution in [0.4, 0.5) is 4.79 Å². The second-order valence-corrected chi connectivity index (χ2v) is 8.21. The third kappa shape index (κ3) is 6.81. The average molecular weight is 436 g/mol. The Bertz CT molecular complexity index is 722. The first kappa shape index (κ1) is 23.3. The van der Waals surface area contributed by atoms with Crippen LogP contribution in [0.25, 0.3) is 0 Å². The first-order valence-corrected chi connectivity index (χ1v) is 10.9. The molecule has 1 heterocycles. The number of amides is 3. The Labute approximate surface area is 182 Å². The Hall–Kier alpha value is -2.36. The molecule has 1 aliphatic carbocycles. The Kier molecular flexibility index (Phi) is 8.51. The van der Waals surface area contributed by atoms with Crippen molar-refractivity contribution in [3.63, 3.8) is 0 Å². The zero-order valence-corrected chi connectivity index (χ0v) is 17.9. The van der Waals surface area contributed by atoms with E-state index in [0.717, 1.165) is 37.0 Å². The van der Waals surface area contributed by atoms with Crippen molar-refractivity contribution >= 4 is 11.9 Å². The standard InChI is InChI=1S/C22H33N3O6/c1-30-16-9-7-14(8-10-16)12-23-19(26)11-17-20(27)21(28)18(31-17)13-24-22(29)25-15-5-3-2-4-6-15/h7-10,15,17-18,20-21,27-28H,2-6,11-13H2,1H3,(H,23,26)(H2,24,25,29)/t17-,18+,20-,21+/m0/s1. The molecule has 5 N–H and O–H groups in total. The molecule has 1 aromatic rings. The fraction of sp³-hybridized carbons (Fsp3) is 0.636. The van der Waals surface area contributed by atoms with Gasteiger partial charge in [0.2, 0.25) is 5.91 Å². The second-order valence-electron chi connectivity index (χ2n) is 8.21. The normalized spacial score (nSPS) is 26.3. The van der Waals surface area contributed by atoms with E-state index in [9.17, 15) is 19.8 Å². The number of carbonyl (C=O) groups excluding carboxylic acids is 2. The number of methoxy groups -OCH3 is 1. The van der Waals surface area contributed by atoms with Gasteiger partial charge in [0.1, 0.15) is 24.1 Å². The van der Waals surface area contributed by atoms with Gasteiger partial charge in [-0.15, -0.1) is 0 Å². The maximum Gasteiger partial charge on any atom is 0.315 e. The van der Waals surface area contributed by atoms with Crippen LogP contribution in [0.2, 0.25) is 0 Å². The highest BCUT2D eigenvalue weighted by Gasteiger charge is 2.43. The molecule has 3 rings (SSSR count). The number of hydrogen-bond acceptors (Lipinski definition) is 6. The molecule has 1 saturated heterocycles. The van der Waals surface area contributed by atoms with Crippen molar-refractivity contribution < 1.29 is 29.3 Å². The molecule has 0 bridgehead atoms. The molecular formula is C22H33N3O6. The number of hydrogen-bond donors (Lipinski definition) is 5. The topological polar surface area (TPSA) is 129 Å². The van der Waals surface area contributed by atoms with Crippen molar-refractivity contribution in [2.75, 3.05) is 13.7 Å². The van der Waals surface area contributed by atoms with Gasteiger partial charge >= 0.3 is 6.03 Å². The maximum absolute atomic E-state index is 12.3. The van der Waals surface area contributed by atoms with Crippen LogP contribution in [0, 0.1) is 0 Å². The van der Waals surface area contributed by atoms with Crippen molar-refractivity contribution in [2.45, 2.75) is 75.5 Å². The van der Waals surface area contributed by atoms with Gasteiger partial charge in [0.25, 0.3) is 0 Å². The lowest BCUT2D eigenvalue weighted by Crippen LogP contribution is -2.47. The maximum atomic E-state index is 12.3. The molecule has 1 aliphatic heterocycles. The molecule has 0 radical (unpaired) electrons. The summed E-state index contributed by atoms with van der Waals surface area (Å²) in [6.07, 6.45) is 1.33. The van der Waals surface area contributed by atoms with Gasteiger partial charge in [-0.2, -0.15) is 0 Å². The minimum Gasteiger partial charge on any atom is -0.497 e. The molecule has 172 valence electrons. The Morgan fingerprint density at radius 3 is 2.39 bits per heavy atom. The Morgan fingerprint density at radius 2 is 1.71 bits per heavy atom. The van der Waals surface area contributed by atoms with Gasteiger partial charge in [-0.3, -0.25) is 4.79 Å². The van der Waals surface area contributed by atoms with Crippen molar-refractivity contribution in [3.8, 4) is 5.75 Å². The van der Waals surface area contributed by atoms with Crippen LogP contribution in [0.3, 0.4) is 0 Å². The zero-order valence-electron chi connectivity index (χ0n) is 17.9. The summed E-state index contributed by atoms with van der Waals surface area (Å²) in [5, 5.41) is 28.9. The first-order chi connectivity index (χ1) is 15.0. The molecule has 9 heteroatoms. The molecule has 0 spiro atoms. The van der Waals surface area contributed by atoms with Crippen LogP contribution in [0.5, 0.6) is 5.75 Å². The van der Waals surface area contributed by atoms with Crippen LogP contribution < -0.4 is 20.7 Å². The summed E-state index contributed by atoms with van der Waals surface area (Å²) in [5.74, 6) is 0.439. The number of carbonyl (C=O) groups is 2. The first-order valence-electron chi connectivity index (χ1n) is 10.9. The molecule has 31 heavy (non-hydrogen) atoms. The fourth-order valence-electron chi connectivity index (χ4n) is 4.04. The van der Waals surface area contributed by atoms with Crippen LogP contribution in [-0.4, -0.2) is 66.3 Å². The third-order valence-corrected chi connectivity index (χ3v) is 5.90. The van der Waals surface area contributed by atoms with Gasteiger partial charge in [0.15, 0.2) is 0 Å². The van der Waals surface area contributed by atoms with E-state index >= 15 is 0 Å². The van der Waals surface area contributed by atoms with Crippen molar-refractivity contribution in [1.82, 2.24) is 16.0 Å². The van der Waals surface area contributed by atoms with Gasteiger partial charge in [-0.25, -0.2) is 4.79 Å². The highest BCUT2D eigenvalue weighted by atomic mass is 16.5. The molecule has 9 nitrogen and oxygen atoms in total. The number of nitrogens with one attached hydrogen (secondary N) is 3. The largest absolute Gasteiger partial charge is 0.497 e. The zero-order chi connectivity index (χ0) is 22.2. The second kappa shape index (κ2) is 11.3. The predicted molar refractivity (Wildman–Crippen MR) is 114 cm³/mol. The van der Waals surface area contributed by atoms with Gasteiger partial charge in [0, 0.05) is 19.1 Å². The Morgan fingerprint density at radius 1 is 1.03 bits per heavy atom. The van der Waals surface area contributed by atoms with Crippen molar-refractivity contribution in [1.29, 1.82) is 0 Å². The number of aliphatic hydroxyl groups is 2. The lowest BCUT2D eigenvalue weighted by Gasteiger charge is -2.23. The number of ether oxygens (including phenoxy) is 2. The number of benzene rings is 1. The molecule has 1 aromatic carbocycles. The van der Waals surface area contributed by atoms with Crippen molar-refractivity contribution in [3.05, 3.63) is 29.8 Å². The predicted octanol–water partition coefficient (Wildman–Crippen LogP) is 0.823. The lowest BCUT2D eigenvalue weighted by atomic mass is 9.96. The third-order valence-electron chi connectivity index (χ3n) is 5.90. The highest BCUT2D eigenvalue weighted by Crippen LogP contribution is 2.23. The molecule has 2 aliphatic rings. The van der Waals surface area contributed by atoms with Gasteiger partial charge in [-0.1, -0.05) is 31.4 Å². The number of urea groups is 1. The van der Waals surface area contributed by atoms with E-state index in [1.54, 1.807) is 7.11 Å². The summed E-state index contributed by atoms with van der Waals surface area (Å²) >= 11 is 0. The van der Waals surface area contributed by atoms with Crippen molar-refractivity contribution in [2.24, 2.45) is 0 Å². The summed E-state index contributed by atoms with van der Waals surface area (Å²) < 4.78 is 10.8. The monoisotopic (exact) mass is 435 g/mol. The minimum absolute atomic E-state index is 0.0563. The molecule has 3 amide bonds. The van der Waals surface area contributed by atoms with E-state index in [1.165, 1.54) is 6.42 Å². The SMILES string of the molecule is COc1ccc(CNC(=O)C[C@@H]2O[C@H](CNC(=O)NC3CCCCC3)[C@@H](O)[C@H]2O)cc1. The quantitative estimate of drug-likeness (QED) is 0.411. The van der Waals surface area contributed by atoms with E-state index in [1.807, 2.05) is 24.3 Å². The van der Waals surface area contributed by atoms with Gasteiger partial charge < -0.3 is 35.6 Å². The average Bonchev–Trinajstić information content (AvgIpc) is 3.05. The summed E-state index contributed by atoms with van der Waals surface area (Å²) in [6.45, 7) is 0.390. The molecule has 4 atom stereocenters. The van der Waals surface area contributed by atoms with E-state index in [4.69, 9.17) is 9.47 Å². The van der Waals surface area contributed by atoms with Gasteiger partial charge in [-0.05, 0) is 30.5 Å². The number of rotatable bonds is 8.